The predicted molar refractivity (Wildman–Crippen MR) is 131 cm³/mol. The number of anilines is 2. The Bertz CT molecular complexity index is 1200. The molecule has 2 aliphatic heterocycles. The Morgan fingerprint density at radius 1 is 1.33 bits per heavy atom. The number of hydrogen-bond donors (Lipinski definition) is 2. The number of aliphatic hydroxyl groups excluding tert-OH is 1. The molecule has 3 N–H and O–H groups in total. The highest BCUT2D eigenvalue weighted by Crippen LogP contribution is 2.29. The number of allylic oxidation sites excluding steroid dienone is 1. The quantitative estimate of drug-likeness (QED) is 0.420. The van der Waals surface area contributed by atoms with Crippen LogP contribution in [0.1, 0.15) is 0 Å². The first-order chi connectivity index (χ1) is 17.4. The molecule has 1 unspecified atom stereocenters. The van der Waals surface area contributed by atoms with Gasteiger partial charge in [0.2, 0.25) is 0 Å². The molecular formula is C24H25FN6O5. The molecule has 0 radical (unpaired) electrons. The fraction of sp³-hybridized carbons (Fsp3) is 0.250. The van der Waals surface area contributed by atoms with E-state index in [1.165, 1.54) is 28.4 Å². The Labute approximate surface area is 206 Å². The van der Waals surface area contributed by atoms with Crippen molar-refractivity contribution in [3.63, 3.8) is 0 Å². The van der Waals surface area contributed by atoms with Gasteiger partial charge in [0, 0.05) is 29.9 Å². The Kier molecular flexibility index (Phi) is 7.44. The van der Waals surface area contributed by atoms with Gasteiger partial charge in [-0.2, -0.15) is 5.10 Å². The van der Waals surface area contributed by atoms with Crippen molar-refractivity contribution in [2.45, 2.75) is 6.10 Å². The molecule has 3 heterocycles. The van der Waals surface area contributed by atoms with Crippen molar-refractivity contribution in [3.8, 4) is 11.1 Å². The highest BCUT2D eigenvalue weighted by molar-refractivity contribution is 5.90. The molecule has 188 valence electrons. The number of pyridine rings is 1. The van der Waals surface area contributed by atoms with Crippen LogP contribution < -0.4 is 15.5 Å². The lowest BCUT2D eigenvalue weighted by Crippen LogP contribution is -2.43. The van der Waals surface area contributed by atoms with Crippen molar-refractivity contribution < 1.29 is 28.6 Å². The number of hydrogen-bond acceptors (Lipinski definition) is 9. The molecule has 2 aromatic rings. The Morgan fingerprint density at radius 2 is 2.17 bits per heavy atom. The summed E-state index contributed by atoms with van der Waals surface area (Å²) in [6, 6.07) is 7.94. The van der Waals surface area contributed by atoms with E-state index in [9.17, 15) is 9.59 Å². The average molecular weight is 496 g/mol. The molecule has 1 aromatic heterocycles. The van der Waals surface area contributed by atoms with Crippen LogP contribution in [0.25, 0.3) is 11.1 Å². The van der Waals surface area contributed by atoms with Crippen molar-refractivity contribution in [2.75, 3.05) is 42.6 Å². The zero-order valence-electron chi connectivity index (χ0n) is 19.3. The smallest absolute Gasteiger partial charge is 0.414 e. The van der Waals surface area contributed by atoms with Gasteiger partial charge in [-0.3, -0.25) is 9.69 Å². The number of amides is 2. The minimum absolute atomic E-state index is 0.0487. The third kappa shape index (κ3) is 5.44. The number of nitrogens with zero attached hydrogens (tertiary/aromatic N) is 5. The highest BCUT2D eigenvalue weighted by atomic mass is 19.1. The summed E-state index contributed by atoms with van der Waals surface area (Å²) < 4.78 is 25.6. The normalized spacial score (nSPS) is 17.6. The van der Waals surface area contributed by atoms with Crippen LogP contribution in [0.4, 0.5) is 20.7 Å². The topological polar surface area (TPSA) is 134 Å². The second-order valence-electron chi connectivity index (χ2n) is 7.92. The third-order valence-corrected chi connectivity index (χ3v) is 5.55. The van der Waals surface area contributed by atoms with Gasteiger partial charge in [0.05, 0.1) is 31.6 Å². The number of aromatic nitrogens is 1. The van der Waals surface area contributed by atoms with Crippen LogP contribution in [-0.4, -0.2) is 72.3 Å². The summed E-state index contributed by atoms with van der Waals surface area (Å²) in [5, 5.41) is 14.1. The summed E-state index contributed by atoms with van der Waals surface area (Å²) in [4.78, 5) is 31.4. The van der Waals surface area contributed by atoms with E-state index in [1.807, 2.05) is 0 Å². The van der Waals surface area contributed by atoms with E-state index in [2.05, 4.69) is 16.7 Å². The number of nitrogens with two attached hydrogens (primary N) is 1. The maximum absolute atomic E-state index is 15.0. The van der Waals surface area contributed by atoms with Crippen molar-refractivity contribution in [2.24, 2.45) is 10.8 Å². The lowest BCUT2D eigenvalue weighted by Gasteiger charge is -2.27. The van der Waals surface area contributed by atoms with E-state index >= 15 is 4.39 Å². The summed E-state index contributed by atoms with van der Waals surface area (Å²) in [6.07, 6.45) is 3.93. The van der Waals surface area contributed by atoms with Gasteiger partial charge in [-0.05, 0) is 30.3 Å². The van der Waals surface area contributed by atoms with Crippen LogP contribution in [0.5, 0.6) is 0 Å². The summed E-state index contributed by atoms with van der Waals surface area (Å²) in [5.74, 6) is 0.0370. The zero-order valence-corrected chi connectivity index (χ0v) is 19.3. The molecule has 1 atom stereocenters. The van der Waals surface area contributed by atoms with Crippen LogP contribution >= 0.6 is 0 Å². The van der Waals surface area contributed by atoms with Crippen LogP contribution in [-0.2, 0) is 14.3 Å². The first kappa shape index (κ1) is 24.7. The van der Waals surface area contributed by atoms with Crippen LogP contribution in [0, 0.1) is 5.82 Å². The second-order valence-corrected chi connectivity index (χ2v) is 7.92. The van der Waals surface area contributed by atoms with E-state index in [-0.39, 0.29) is 31.4 Å². The molecule has 2 aliphatic rings. The molecule has 0 spiro atoms. The Morgan fingerprint density at radius 3 is 2.81 bits per heavy atom. The molecule has 11 nitrogen and oxygen atoms in total. The molecule has 0 bridgehead atoms. The standard InChI is InChI=1S/C24H25FN6O5/c1-16(6-9-32)35-14-19-13-30(24(34)36-19)18-3-4-20(21(25)10-18)17-2-5-22(27-12-17)29-7-8-31(28-15-29)23(33)11-26/h2-6,9-10,12,15,19,32H,1,7-8,11,13-14,26H2/b9-6-. The number of aliphatic hydroxyl groups is 1. The second kappa shape index (κ2) is 10.9. The van der Waals surface area contributed by atoms with Gasteiger partial charge in [-0.1, -0.05) is 6.58 Å². The van der Waals surface area contributed by atoms with Crippen molar-refractivity contribution in [1.29, 1.82) is 0 Å². The maximum atomic E-state index is 15.0. The summed E-state index contributed by atoms with van der Waals surface area (Å²) >= 11 is 0. The van der Waals surface area contributed by atoms with Gasteiger partial charge in [-0.25, -0.2) is 19.2 Å². The minimum atomic E-state index is -0.611. The molecule has 12 heteroatoms. The molecule has 36 heavy (non-hydrogen) atoms. The number of rotatable bonds is 8. The number of carbonyl (C=O) groups is 2. The Hall–Kier alpha value is -4.45. The predicted octanol–water partition coefficient (Wildman–Crippen LogP) is 2.37. The summed E-state index contributed by atoms with van der Waals surface area (Å²) in [7, 11) is 0. The van der Waals surface area contributed by atoms with Gasteiger partial charge < -0.3 is 25.2 Å². The fourth-order valence-corrected chi connectivity index (χ4v) is 3.68. The van der Waals surface area contributed by atoms with Gasteiger partial charge in [-0.15, -0.1) is 0 Å². The zero-order chi connectivity index (χ0) is 25.7. The molecule has 1 saturated heterocycles. The van der Waals surface area contributed by atoms with Gasteiger partial charge >= 0.3 is 6.09 Å². The van der Waals surface area contributed by atoms with Crippen molar-refractivity contribution in [3.05, 3.63) is 67.0 Å². The molecule has 1 fully saturated rings. The van der Waals surface area contributed by atoms with E-state index < -0.39 is 18.0 Å². The third-order valence-electron chi connectivity index (χ3n) is 5.55. The molecular weight excluding hydrogens is 471 g/mol. The van der Waals surface area contributed by atoms with E-state index in [0.717, 1.165) is 6.26 Å². The van der Waals surface area contributed by atoms with Crippen molar-refractivity contribution >= 4 is 29.8 Å². The van der Waals surface area contributed by atoms with E-state index in [0.29, 0.717) is 35.7 Å². The monoisotopic (exact) mass is 496 g/mol. The number of benzene rings is 1. The van der Waals surface area contributed by atoms with Crippen LogP contribution in [0.3, 0.4) is 0 Å². The molecule has 4 rings (SSSR count). The van der Waals surface area contributed by atoms with Gasteiger partial charge in [0.25, 0.3) is 5.91 Å². The van der Waals surface area contributed by atoms with Gasteiger partial charge in [0.1, 0.15) is 30.3 Å². The molecule has 2 amide bonds. The molecule has 1 aromatic carbocycles. The number of cyclic esters (lactones) is 1. The first-order valence-corrected chi connectivity index (χ1v) is 11.1. The number of halogens is 1. The number of hydrazone groups is 1. The lowest BCUT2D eigenvalue weighted by atomic mass is 10.1. The summed E-state index contributed by atoms with van der Waals surface area (Å²) in [5.41, 5.74) is 6.59. The fourth-order valence-electron chi connectivity index (χ4n) is 3.68. The average Bonchev–Trinajstić information content (AvgIpc) is 3.27. The number of ether oxygens (including phenoxy) is 2. The minimum Gasteiger partial charge on any atom is -0.515 e. The van der Waals surface area contributed by atoms with E-state index in [1.54, 1.807) is 35.4 Å². The van der Waals surface area contributed by atoms with Crippen LogP contribution in [0.15, 0.2) is 66.3 Å². The largest absolute Gasteiger partial charge is 0.515 e. The summed E-state index contributed by atoms with van der Waals surface area (Å²) in [6.45, 7) is 4.58. The molecule has 0 saturated carbocycles. The van der Waals surface area contributed by atoms with Gasteiger partial charge in [0.15, 0.2) is 6.10 Å². The van der Waals surface area contributed by atoms with E-state index in [4.69, 9.17) is 20.3 Å². The SMILES string of the molecule is C=C(/C=C\O)OCC1CN(c2ccc(-c3ccc(N4C=NN(C(=O)CN)CC4)nc3)c(F)c2)C(=O)O1. The first-order valence-electron chi connectivity index (χ1n) is 11.1. The van der Waals surface area contributed by atoms with Crippen molar-refractivity contribution in [1.82, 2.24) is 9.99 Å². The molecule has 0 aliphatic carbocycles. The Balaban J connectivity index is 1.41. The highest BCUT2D eigenvalue weighted by Gasteiger charge is 2.33. The lowest BCUT2D eigenvalue weighted by molar-refractivity contribution is -0.129. The maximum Gasteiger partial charge on any atom is 0.414 e. The number of carbonyl (C=O) groups excluding carboxylic acids is 2. The van der Waals surface area contributed by atoms with Crippen LogP contribution in [0.2, 0.25) is 0 Å².